The summed E-state index contributed by atoms with van der Waals surface area (Å²) >= 11 is 0. The summed E-state index contributed by atoms with van der Waals surface area (Å²) in [6.07, 6.45) is -0.509. The number of aliphatic hydroxyl groups excluding tert-OH is 2. The third-order valence-electron chi connectivity index (χ3n) is 3.76. The van der Waals surface area contributed by atoms with Crippen LogP contribution in [0.5, 0.6) is 0 Å². The summed E-state index contributed by atoms with van der Waals surface area (Å²) in [6.45, 7) is 1.27. The van der Waals surface area contributed by atoms with Crippen molar-refractivity contribution in [1.29, 1.82) is 0 Å². The minimum absolute atomic E-state index is 0.113. The first-order valence-electron chi connectivity index (χ1n) is 5.70. The molecular weight excluding hydrogens is 240 g/mol. The lowest BCUT2D eigenvalue weighted by Crippen LogP contribution is -2.39. The molecule has 2 fully saturated rings. The van der Waals surface area contributed by atoms with Crippen LogP contribution in [0.2, 0.25) is 0 Å². The number of hydrogen-bond acceptors (Lipinski definition) is 6. The zero-order chi connectivity index (χ0) is 13.1. The average molecular weight is 254 g/mol. The van der Waals surface area contributed by atoms with Crippen molar-refractivity contribution in [2.75, 3.05) is 6.61 Å². The number of nitrogens with zero attached hydrogens (tertiary/aromatic N) is 2. The van der Waals surface area contributed by atoms with E-state index in [0.717, 1.165) is 0 Å². The standard InChI is InChI=1S/C11H14N2O5/c1-6-2-3-13(9(16)12-6)11-5-10(11,17)8(15)7(4-14)18-11/h2-3,7-8,14-15,17H,4-5H2,1H3. The van der Waals surface area contributed by atoms with Crippen LogP contribution in [0.15, 0.2) is 17.1 Å². The molecular formula is C11H14N2O5. The van der Waals surface area contributed by atoms with Gasteiger partial charge in [-0.1, -0.05) is 0 Å². The summed E-state index contributed by atoms with van der Waals surface area (Å²) in [4.78, 5) is 15.6. The SMILES string of the molecule is Cc1ccn(C23CC2(O)C(O)C(CO)O3)c(=O)n1. The van der Waals surface area contributed by atoms with E-state index in [1.54, 1.807) is 13.0 Å². The second kappa shape index (κ2) is 3.39. The monoisotopic (exact) mass is 254 g/mol. The third kappa shape index (κ3) is 1.22. The summed E-state index contributed by atoms with van der Waals surface area (Å²) in [7, 11) is 0. The molecule has 0 amide bonds. The van der Waals surface area contributed by atoms with Gasteiger partial charge >= 0.3 is 5.69 Å². The fourth-order valence-corrected chi connectivity index (χ4v) is 2.67. The van der Waals surface area contributed by atoms with E-state index in [-0.39, 0.29) is 6.42 Å². The molecule has 2 heterocycles. The number of rotatable bonds is 2. The van der Waals surface area contributed by atoms with Crippen molar-refractivity contribution >= 4 is 0 Å². The Balaban J connectivity index is 2.06. The maximum Gasteiger partial charge on any atom is 0.350 e. The summed E-state index contributed by atoms with van der Waals surface area (Å²) in [5.41, 5.74) is -2.80. The summed E-state index contributed by atoms with van der Waals surface area (Å²) in [5.74, 6) is 0. The molecule has 4 unspecified atom stereocenters. The van der Waals surface area contributed by atoms with Crippen LogP contribution in [0.3, 0.4) is 0 Å². The van der Waals surface area contributed by atoms with E-state index in [4.69, 9.17) is 9.84 Å². The lowest BCUT2D eigenvalue weighted by Gasteiger charge is -2.18. The molecule has 3 N–H and O–H groups in total. The van der Waals surface area contributed by atoms with Gasteiger partial charge in [0.1, 0.15) is 17.8 Å². The molecule has 1 aliphatic heterocycles. The largest absolute Gasteiger partial charge is 0.394 e. The third-order valence-corrected chi connectivity index (χ3v) is 3.76. The summed E-state index contributed by atoms with van der Waals surface area (Å²) in [6, 6.07) is 1.62. The molecule has 0 radical (unpaired) electrons. The molecule has 1 aliphatic carbocycles. The smallest absolute Gasteiger partial charge is 0.350 e. The van der Waals surface area contributed by atoms with Crippen LogP contribution in [-0.2, 0) is 10.5 Å². The van der Waals surface area contributed by atoms with Gasteiger partial charge < -0.3 is 20.1 Å². The molecule has 1 saturated heterocycles. The molecule has 1 saturated carbocycles. The molecule has 2 aliphatic rings. The first-order chi connectivity index (χ1) is 8.44. The highest BCUT2D eigenvalue weighted by Gasteiger charge is 2.80. The number of aryl methyl sites for hydroxylation is 1. The normalized spacial score (nSPS) is 41.8. The second-order valence-electron chi connectivity index (χ2n) is 4.89. The van der Waals surface area contributed by atoms with Gasteiger partial charge in [-0.25, -0.2) is 4.79 Å². The molecule has 0 aromatic carbocycles. The van der Waals surface area contributed by atoms with Crippen molar-refractivity contribution in [1.82, 2.24) is 9.55 Å². The van der Waals surface area contributed by atoms with Crippen molar-refractivity contribution in [3.63, 3.8) is 0 Å². The predicted molar refractivity (Wildman–Crippen MR) is 58.7 cm³/mol. The Morgan fingerprint density at radius 2 is 2.39 bits per heavy atom. The van der Waals surface area contributed by atoms with Crippen molar-refractivity contribution in [3.05, 3.63) is 28.4 Å². The van der Waals surface area contributed by atoms with Gasteiger partial charge in [0.15, 0.2) is 5.72 Å². The molecule has 0 spiro atoms. The van der Waals surface area contributed by atoms with Crippen LogP contribution in [-0.4, -0.2) is 49.3 Å². The van der Waals surface area contributed by atoms with Gasteiger partial charge in [-0.2, -0.15) is 4.98 Å². The average Bonchev–Trinajstić information content (AvgIpc) is 2.86. The Morgan fingerprint density at radius 3 is 2.94 bits per heavy atom. The summed E-state index contributed by atoms with van der Waals surface area (Å²) in [5, 5.41) is 29.2. The van der Waals surface area contributed by atoms with Gasteiger partial charge in [-0.05, 0) is 13.0 Å². The molecule has 4 atom stereocenters. The number of fused-ring (bicyclic) bond motifs is 1. The fourth-order valence-electron chi connectivity index (χ4n) is 2.67. The Labute approximate surface area is 102 Å². The highest BCUT2D eigenvalue weighted by Crippen LogP contribution is 2.62. The zero-order valence-electron chi connectivity index (χ0n) is 9.78. The molecule has 18 heavy (non-hydrogen) atoms. The Hall–Kier alpha value is -1.28. The number of aromatic nitrogens is 2. The Kier molecular flexibility index (Phi) is 2.22. The second-order valence-corrected chi connectivity index (χ2v) is 4.89. The molecule has 1 aromatic heterocycles. The van der Waals surface area contributed by atoms with E-state index in [9.17, 15) is 15.0 Å². The van der Waals surface area contributed by atoms with Crippen molar-refractivity contribution < 1.29 is 20.1 Å². The van der Waals surface area contributed by atoms with Gasteiger partial charge in [0.05, 0.1) is 6.61 Å². The maximum atomic E-state index is 11.8. The van der Waals surface area contributed by atoms with Crippen LogP contribution in [0.1, 0.15) is 12.1 Å². The fraction of sp³-hybridized carbons (Fsp3) is 0.636. The molecule has 1 aromatic rings. The van der Waals surface area contributed by atoms with E-state index < -0.39 is 35.8 Å². The lowest BCUT2D eigenvalue weighted by molar-refractivity contribution is -0.0890. The molecule has 3 rings (SSSR count). The quantitative estimate of drug-likeness (QED) is 0.569. The van der Waals surface area contributed by atoms with Crippen LogP contribution >= 0.6 is 0 Å². The van der Waals surface area contributed by atoms with Crippen molar-refractivity contribution in [3.8, 4) is 0 Å². The minimum atomic E-state index is -1.53. The van der Waals surface area contributed by atoms with Crippen molar-refractivity contribution in [2.24, 2.45) is 0 Å². The van der Waals surface area contributed by atoms with Crippen LogP contribution in [0.25, 0.3) is 0 Å². The van der Waals surface area contributed by atoms with E-state index in [0.29, 0.717) is 5.69 Å². The van der Waals surface area contributed by atoms with Gasteiger partial charge in [-0.15, -0.1) is 0 Å². The van der Waals surface area contributed by atoms with Gasteiger partial charge in [0, 0.05) is 18.3 Å². The Bertz CT molecular complexity index is 559. The number of hydrogen-bond donors (Lipinski definition) is 3. The van der Waals surface area contributed by atoms with Crippen LogP contribution in [0.4, 0.5) is 0 Å². The van der Waals surface area contributed by atoms with E-state index >= 15 is 0 Å². The first kappa shape index (κ1) is 11.8. The minimum Gasteiger partial charge on any atom is -0.394 e. The van der Waals surface area contributed by atoms with Crippen LogP contribution in [0, 0.1) is 6.92 Å². The highest BCUT2D eigenvalue weighted by molar-refractivity contribution is 5.25. The topological polar surface area (TPSA) is 105 Å². The lowest BCUT2D eigenvalue weighted by atomic mass is 10.1. The van der Waals surface area contributed by atoms with E-state index in [1.807, 2.05) is 0 Å². The molecule has 7 nitrogen and oxygen atoms in total. The Morgan fingerprint density at radius 1 is 1.67 bits per heavy atom. The highest BCUT2D eigenvalue weighted by atomic mass is 16.6. The predicted octanol–water partition coefficient (Wildman–Crippen LogP) is -1.91. The van der Waals surface area contributed by atoms with Crippen LogP contribution < -0.4 is 5.69 Å². The van der Waals surface area contributed by atoms with Gasteiger partial charge in [0.25, 0.3) is 0 Å². The molecule has 7 heteroatoms. The van der Waals surface area contributed by atoms with Gasteiger partial charge in [0.2, 0.25) is 0 Å². The maximum absolute atomic E-state index is 11.8. The van der Waals surface area contributed by atoms with E-state index in [1.165, 1.54) is 10.8 Å². The van der Waals surface area contributed by atoms with Gasteiger partial charge in [-0.3, -0.25) is 4.57 Å². The van der Waals surface area contributed by atoms with E-state index in [2.05, 4.69) is 4.98 Å². The van der Waals surface area contributed by atoms with Crippen molar-refractivity contribution in [2.45, 2.75) is 36.9 Å². The number of aliphatic hydroxyl groups is 3. The number of ether oxygens (including phenoxy) is 1. The molecule has 98 valence electrons. The first-order valence-corrected chi connectivity index (χ1v) is 5.70. The summed E-state index contributed by atoms with van der Waals surface area (Å²) < 4.78 is 6.65. The molecule has 0 bridgehead atoms. The zero-order valence-corrected chi connectivity index (χ0v) is 9.78.